The van der Waals surface area contributed by atoms with Crippen LogP contribution in [0.25, 0.3) is 10.9 Å². The minimum atomic E-state index is 0.726. The van der Waals surface area contributed by atoms with E-state index >= 15 is 0 Å². The highest BCUT2D eigenvalue weighted by Crippen LogP contribution is 2.22. The Labute approximate surface area is 76.2 Å². The minimum Gasteiger partial charge on any atom is -0.495 e. The Morgan fingerprint density at radius 3 is 3.00 bits per heavy atom. The third-order valence-electron chi connectivity index (χ3n) is 1.97. The van der Waals surface area contributed by atoms with Crippen LogP contribution in [0.4, 0.5) is 5.69 Å². The van der Waals surface area contributed by atoms with Crippen molar-refractivity contribution in [3.8, 4) is 5.75 Å². The summed E-state index contributed by atoms with van der Waals surface area (Å²) in [4.78, 5) is 4.21. The number of hydrogen-bond acceptors (Lipinski definition) is 3. The van der Waals surface area contributed by atoms with Gasteiger partial charge in [0.05, 0.1) is 18.8 Å². The van der Waals surface area contributed by atoms with Gasteiger partial charge in [0, 0.05) is 11.1 Å². The van der Waals surface area contributed by atoms with Crippen LogP contribution < -0.4 is 10.5 Å². The SMILES string of the molecule is COc1cnc2cccc(N)c2c1. The number of nitrogens with zero attached hydrogens (tertiary/aromatic N) is 1. The van der Waals surface area contributed by atoms with Gasteiger partial charge in [-0.05, 0) is 18.2 Å². The second-order valence-electron chi connectivity index (χ2n) is 2.79. The number of nitrogens with two attached hydrogens (primary N) is 1. The van der Waals surface area contributed by atoms with Gasteiger partial charge in [-0.15, -0.1) is 0 Å². The van der Waals surface area contributed by atoms with E-state index in [1.54, 1.807) is 13.3 Å². The Hall–Kier alpha value is -1.77. The molecule has 0 unspecified atom stereocenters. The summed E-state index contributed by atoms with van der Waals surface area (Å²) < 4.78 is 5.06. The molecule has 0 saturated carbocycles. The van der Waals surface area contributed by atoms with Crippen molar-refractivity contribution in [1.82, 2.24) is 4.98 Å². The van der Waals surface area contributed by atoms with Crippen LogP contribution in [-0.2, 0) is 0 Å². The highest BCUT2D eigenvalue weighted by Gasteiger charge is 1.99. The van der Waals surface area contributed by atoms with Crippen LogP contribution in [0, 0.1) is 0 Å². The predicted molar refractivity (Wildman–Crippen MR) is 52.7 cm³/mol. The molecule has 0 bridgehead atoms. The zero-order valence-electron chi connectivity index (χ0n) is 7.32. The summed E-state index contributed by atoms with van der Waals surface area (Å²) in [7, 11) is 1.61. The van der Waals surface area contributed by atoms with Crippen molar-refractivity contribution < 1.29 is 4.74 Å². The molecule has 2 rings (SSSR count). The highest BCUT2D eigenvalue weighted by atomic mass is 16.5. The molecule has 13 heavy (non-hydrogen) atoms. The van der Waals surface area contributed by atoms with Crippen molar-refractivity contribution in [2.45, 2.75) is 0 Å². The van der Waals surface area contributed by atoms with Crippen molar-refractivity contribution in [1.29, 1.82) is 0 Å². The number of fused-ring (bicyclic) bond motifs is 1. The van der Waals surface area contributed by atoms with Crippen LogP contribution in [-0.4, -0.2) is 12.1 Å². The van der Waals surface area contributed by atoms with Crippen molar-refractivity contribution in [2.24, 2.45) is 0 Å². The van der Waals surface area contributed by atoms with Crippen molar-refractivity contribution in [3.05, 3.63) is 30.5 Å². The molecule has 0 spiro atoms. The van der Waals surface area contributed by atoms with Crippen molar-refractivity contribution in [2.75, 3.05) is 12.8 Å². The first-order valence-electron chi connectivity index (χ1n) is 3.99. The van der Waals surface area contributed by atoms with Gasteiger partial charge in [0.1, 0.15) is 5.75 Å². The summed E-state index contributed by atoms with van der Waals surface area (Å²) in [6, 6.07) is 7.55. The number of methoxy groups -OCH3 is 1. The molecule has 0 atom stereocenters. The lowest BCUT2D eigenvalue weighted by molar-refractivity contribution is 0.414. The zero-order valence-corrected chi connectivity index (χ0v) is 7.32. The summed E-state index contributed by atoms with van der Waals surface area (Å²) in [5.74, 6) is 0.727. The molecular weight excluding hydrogens is 164 g/mol. The molecule has 0 aliphatic carbocycles. The van der Waals surface area contributed by atoms with E-state index in [2.05, 4.69) is 4.98 Å². The van der Waals surface area contributed by atoms with Gasteiger partial charge in [0.15, 0.2) is 0 Å². The zero-order chi connectivity index (χ0) is 9.26. The van der Waals surface area contributed by atoms with E-state index in [1.165, 1.54) is 0 Å². The molecule has 2 aromatic rings. The molecule has 2 N–H and O–H groups in total. The van der Waals surface area contributed by atoms with Crippen LogP contribution in [0.5, 0.6) is 5.75 Å². The Balaban J connectivity index is 2.74. The van der Waals surface area contributed by atoms with Crippen LogP contribution in [0.1, 0.15) is 0 Å². The van der Waals surface area contributed by atoms with Gasteiger partial charge in [-0.25, -0.2) is 0 Å². The molecule has 1 heterocycles. The molecule has 0 amide bonds. The minimum absolute atomic E-state index is 0.726. The molecule has 66 valence electrons. The number of pyridine rings is 1. The topological polar surface area (TPSA) is 48.1 Å². The number of hydrogen-bond donors (Lipinski definition) is 1. The largest absolute Gasteiger partial charge is 0.495 e. The molecule has 0 aliphatic heterocycles. The molecule has 3 heteroatoms. The molecule has 0 fully saturated rings. The maximum absolute atomic E-state index is 5.78. The molecule has 1 aromatic heterocycles. The van der Waals surface area contributed by atoms with Gasteiger partial charge in [-0.1, -0.05) is 6.07 Å². The van der Waals surface area contributed by atoms with Gasteiger partial charge < -0.3 is 10.5 Å². The fraction of sp³-hybridized carbons (Fsp3) is 0.100. The van der Waals surface area contributed by atoms with Crippen LogP contribution >= 0.6 is 0 Å². The molecule has 0 aliphatic rings. The van der Waals surface area contributed by atoms with E-state index in [1.807, 2.05) is 24.3 Å². The number of nitrogen functional groups attached to an aromatic ring is 1. The first kappa shape index (κ1) is 7.86. The third-order valence-corrected chi connectivity index (χ3v) is 1.97. The number of benzene rings is 1. The fourth-order valence-electron chi connectivity index (χ4n) is 1.26. The average Bonchev–Trinajstić information content (AvgIpc) is 2.18. The van der Waals surface area contributed by atoms with Gasteiger partial charge in [-0.3, -0.25) is 4.98 Å². The Bertz CT molecular complexity index is 440. The second-order valence-corrected chi connectivity index (χ2v) is 2.79. The molecule has 1 aromatic carbocycles. The summed E-state index contributed by atoms with van der Waals surface area (Å²) in [5, 5.41) is 0.932. The van der Waals surface area contributed by atoms with E-state index in [0.717, 1.165) is 22.3 Å². The first-order chi connectivity index (χ1) is 6.31. The van der Waals surface area contributed by atoms with Gasteiger partial charge in [0.25, 0.3) is 0 Å². The first-order valence-corrected chi connectivity index (χ1v) is 3.99. The summed E-state index contributed by atoms with van der Waals surface area (Å²) in [6.07, 6.45) is 1.68. The fourth-order valence-corrected chi connectivity index (χ4v) is 1.26. The lowest BCUT2D eigenvalue weighted by Crippen LogP contribution is -1.90. The van der Waals surface area contributed by atoms with Crippen molar-refractivity contribution >= 4 is 16.6 Å². The second kappa shape index (κ2) is 2.94. The van der Waals surface area contributed by atoms with E-state index in [4.69, 9.17) is 10.5 Å². The quantitative estimate of drug-likeness (QED) is 0.671. The van der Waals surface area contributed by atoms with Gasteiger partial charge in [0.2, 0.25) is 0 Å². The Morgan fingerprint density at radius 2 is 2.23 bits per heavy atom. The number of anilines is 1. The predicted octanol–water partition coefficient (Wildman–Crippen LogP) is 1.83. The molecule has 0 radical (unpaired) electrons. The molecular formula is C10H10N2O. The third kappa shape index (κ3) is 1.28. The smallest absolute Gasteiger partial charge is 0.137 e. The normalized spacial score (nSPS) is 10.2. The van der Waals surface area contributed by atoms with E-state index < -0.39 is 0 Å². The number of rotatable bonds is 1. The summed E-state index contributed by atoms with van der Waals surface area (Å²) in [6.45, 7) is 0. The van der Waals surface area contributed by atoms with Gasteiger partial charge in [-0.2, -0.15) is 0 Å². The summed E-state index contributed by atoms with van der Waals surface area (Å²) in [5.41, 5.74) is 7.40. The van der Waals surface area contributed by atoms with E-state index in [-0.39, 0.29) is 0 Å². The van der Waals surface area contributed by atoms with Crippen LogP contribution in [0.15, 0.2) is 30.5 Å². The standard InChI is InChI=1S/C10H10N2O/c1-13-7-5-8-9(11)3-2-4-10(8)12-6-7/h2-6H,11H2,1H3. The maximum atomic E-state index is 5.78. The molecule has 3 nitrogen and oxygen atoms in total. The Morgan fingerprint density at radius 1 is 1.38 bits per heavy atom. The summed E-state index contributed by atoms with van der Waals surface area (Å²) >= 11 is 0. The number of aromatic nitrogens is 1. The Kier molecular flexibility index (Phi) is 1.77. The van der Waals surface area contributed by atoms with E-state index in [9.17, 15) is 0 Å². The number of ether oxygens (including phenoxy) is 1. The average molecular weight is 174 g/mol. The van der Waals surface area contributed by atoms with Crippen molar-refractivity contribution in [3.63, 3.8) is 0 Å². The lowest BCUT2D eigenvalue weighted by atomic mass is 10.2. The molecule has 0 saturated heterocycles. The van der Waals surface area contributed by atoms with E-state index in [0.29, 0.717) is 0 Å². The lowest BCUT2D eigenvalue weighted by Gasteiger charge is -2.03. The monoisotopic (exact) mass is 174 g/mol. The van der Waals surface area contributed by atoms with Crippen LogP contribution in [0.3, 0.4) is 0 Å². The maximum Gasteiger partial charge on any atom is 0.137 e. The van der Waals surface area contributed by atoms with Gasteiger partial charge >= 0.3 is 0 Å². The highest BCUT2D eigenvalue weighted by molar-refractivity contribution is 5.90. The van der Waals surface area contributed by atoms with Crippen LogP contribution in [0.2, 0.25) is 0 Å².